The molecule has 8 nitrogen and oxygen atoms in total. The highest BCUT2D eigenvalue weighted by molar-refractivity contribution is 5.94. The summed E-state index contributed by atoms with van der Waals surface area (Å²) in [5.74, 6) is 0.652. The Labute approximate surface area is 200 Å². The summed E-state index contributed by atoms with van der Waals surface area (Å²) in [5, 5.41) is 9.52. The fourth-order valence-corrected chi connectivity index (χ4v) is 5.24. The molecule has 34 heavy (non-hydrogen) atoms. The molecule has 0 aromatic carbocycles. The molecule has 180 valence electrons. The molecule has 0 spiro atoms. The van der Waals surface area contributed by atoms with E-state index in [2.05, 4.69) is 26.4 Å². The predicted molar refractivity (Wildman–Crippen MR) is 132 cm³/mol. The number of anilines is 1. The maximum atomic E-state index is 12.8. The van der Waals surface area contributed by atoms with E-state index in [0.29, 0.717) is 5.82 Å². The zero-order chi connectivity index (χ0) is 23.5. The van der Waals surface area contributed by atoms with Crippen molar-refractivity contribution in [2.24, 2.45) is 13.0 Å². The molecule has 0 radical (unpaired) electrons. The van der Waals surface area contributed by atoms with Crippen molar-refractivity contribution >= 4 is 22.5 Å². The molecule has 4 heterocycles. The van der Waals surface area contributed by atoms with Gasteiger partial charge in [0.05, 0.1) is 23.7 Å². The van der Waals surface area contributed by atoms with Crippen LogP contribution in [0.4, 0.5) is 5.82 Å². The summed E-state index contributed by atoms with van der Waals surface area (Å²) in [6.45, 7) is 3.16. The second kappa shape index (κ2) is 10.2. The number of nitrogens with one attached hydrogen (secondary N) is 1. The summed E-state index contributed by atoms with van der Waals surface area (Å²) in [4.78, 5) is 24.5. The first-order chi connectivity index (χ1) is 16.6. The third-order valence-corrected chi connectivity index (χ3v) is 7.39. The average molecular weight is 463 g/mol. The minimum Gasteiger partial charge on any atom is -0.381 e. The number of hydrogen-bond donors (Lipinski definition) is 1. The highest BCUT2D eigenvalue weighted by Gasteiger charge is 2.26. The van der Waals surface area contributed by atoms with Crippen molar-refractivity contribution in [3.8, 4) is 11.3 Å². The molecular formula is C26H34N6O2. The van der Waals surface area contributed by atoms with Crippen LogP contribution >= 0.6 is 0 Å². The van der Waals surface area contributed by atoms with Crippen molar-refractivity contribution in [1.82, 2.24) is 24.6 Å². The van der Waals surface area contributed by atoms with E-state index in [1.807, 2.05) is 30.2 Å². The second-order valence-electron chi connectivity index (χ2n) is 9.65. The molecule has 0 atom stereocenters. The number of nitrogens with zero attached hydrogens (tertiary/aromatic N) is 5. The Kier molecular flexibility index (Phi) is 6.87. The molecule has 8 heteroatoms. The minimum absolute atomic E-state index is 0.0182. The maximum Gasteiger partial charge on any atom is 0.228 e. The number of carbonyl (C=O) groups is 1. The lowest BCUT2D eigenvalue weighted by Gasteiger charge is -2.26. The predicted octanol–water partition coefficient (Wildman–Crippen LogP) is 4.16. The number of rotatable bonds is 6. The van der Waals surface area contributed by atoms with Crippen LogP contribution in [0.15, 0.2) is 30.7 Å². The largest absolute Gasteiger partial charge is 0.381 e. The molecule has 1 amide bonds. The van der Waals surface area contributed by atoms with Crippen molar-refractivity contribution in [2.75, 3.05) is 25.5 Å². The number of ether oxygens (including phenoxy) is 1. The monoisotopic (exact) mass is 462 g/mol. The third kappa shape index (κ3) is 4.98. The van der Waals surface area contributed by atoms with Gasteiger partial charge in [-0.15, -0.1) is 0 Å². The van der Waals surface area contributed by atoms with Crippen molar-refractivity contribution in [3.63, 3.8) is 0 Å². The van der Waals surface area contributed by atoms with E-state index >= 15 is 0 Å². The Morgan fingerprint density at radius 1 is 1.03 bits per heavy atom. The Balaban J connectivity index is 1.34. The van der Waals surface area contributed by atoms with Gasteiger partial charge in [0.2, 0.25) is 5.91 Å². The summed E-state index contributed by atoms with van der Waals surface area (Å²) in [6, 6.07) is 4.02. The molecular weight excluding hydrogens is 428 g/mol. The van der Waals surface area contributed by atoms with E-state index in [1.165, 1.54) is 25.0 Å². The Bertz CT molecular complexity index is 1150. The van der Waals surface area contributed by atoms with Crippen LogP contribution in [-0.2, 0) is 23.1 Å². The van der Waals surface area contributed by atoms with Gasteiger partial charge in [0.1, 0.15) is 5.82 Å². The molecule has 1 aliphatic heterocycles. The Morgan fingerprint density at radius 2 is 1.79 bits per heavy atom. The van der Waals surface area contributed by atoms with Crippen LogP contribution < -0.4 is 5.32 Å². The van der Waals surface area contributed by atoms with E-state index in [0.717, 1.165) is 67.3 Å². The van der Waals surface area contributed by atoms with Crippen molar-refractivity contribution in [3.05, 3.63) is 36.4 Å². The zero-order valence-electron chi connectivity index (χ0n) is 20.2. The SMILES string of the molecule is CO[C@H]1CC[C@H](C(=O)Nc2cc3cc(-c4cnn(C)c4CN4CCCCC4)ncc3cn2)CC1. The van der Waals surface area contributed by atoms with Crippen molar-refractivity contribution in [1.29, 1.82) is 0 Å². The normalized spacial score (nSPS) is 21.6. The number of pyridine rings is 2. The van der Waals surface area contributed by atoms with E-state index < -0.39 is 0 Å². The molecule has 0 unspecified atom stereocenters. The van der Waals surface area contributed by atoms with Gasteiger partial charge < -0.3 is 10.1 Å². The molecule has 1 aliphatic carbocycles. The van der Waals surface area contributed by atoms with Crippen LogP contribution in [0.5, 0.6) is 0 Å². The molecule has 1 N–H and O–H groups in total. The summed E-state index contributed by atoms with van der Waals surface area (Å²) in [5.41, 5.74) is 3.14. The number of likely N-dealkylation sites (tertiary alicyclic amines) is 1. The molecule has 0 bridgehead atoms. The van der Waals surface area contributed by atoms with Gasteiger partial charge in [-0.2, -0.15) is 5.10 Å². The fourth-order valence-electron chi connectivity index (χ4n) is 5.24. The topological polar surface area (TPSA) is 85.2 Å². The van der Waals surface area contributed by atoms with Gasteiger partial charge in [-0.1, -0.05) is 6.42 Å². The van der Waals surface area contributed by atoms with Gasteiger partial charge in [-0.05, 0) is 69.1 Å². The number of aryl methyl sites for hydroxylation is 1. The lowest BCUT2D eigenvalue weighted by Crippen LogP contribution is -2.30. The Morgan fingerprint density at radius 3 is 2.56 bits per heavy atom. The molecule has 2 aliphatic rings. The van der Waals surface area contributed by atoms with Crippen molar-refractivity contribution in [2.45, 2.75) is 57.6 Å². The second-order valence-corrected chi connectivity index (χ2v) is 9.65. The van der Waals surface area contributed by atoms with Crippen molar-refractivity contribution < 1.29 is 9.53 Å². The first kappa shape index (κ1) is 22.9. The maximum absolute atomic E-state index is 12.8. The minimum atomic E-state index is 0.0182. The van der Waals surface area contributed by atoms with Crippen LogP contribution in [0, 0.1) is 5.92 Å². The zero-order valence-corrected chi connectivity index (χ0v) is 20.2. The van der Waals surface area contributed by atoms with Gasteiger partial charge in [-0.3, -0.25) is 19.4 Å². The summed E-state index contributed by atoms with van der Waals surface area (Å²) < 4.78 is 7.39. The highest BCUT2D eigenvalue weighted by atomic mass is 16.5. The van der Waals surface area contributed by atoms with E-state index in [-0.39, 0.29) is 17.9 Å². The van der Waals surface area contributed by atoms with Crippen LogP contribution in [0.3, 0.4) is 0 Å². The molecule has 1 saturated heterocycles. The quantitative estimate of drug-likeness (QED) is 0.592. The van der Waals surface area contributed by atoms with E-state index in [9.17, 15) is 4.79 Å². The number of aromatic nitrogens is 4. The summed E-state index contributed by atoms with van der Waals surface area (Å²) in [7, 11) is 3.75. The van der Waals surface area contributed by atoms with Gasteiger partial charge >= 0.3 is 0 Å². The van der Waals surface area contributed by atoms with E-state index in [1.54, 1.807) is 13.3 Å². The molecule has 3 aromatic rings. The van der Waals surface area contributed by atoms with Crippen LogP contribution in [0.25, 0.3) is 22.0 Å². The standard InChI is InChI=1S/C26H34N6O2/c1-31-24(17-32-10-4-3-5-11-32)22(16-29-31)23-12-19-13-25(28-15-20(19)14-27-23)30-26(33)18-6-8-21(34-2)9-7-18/h12-16,18,21H,3-11,17H2,1-2H3,(H,28,30,33)/t18-,21-. The smallest absolute Gasteiger partial charge is 0.228 e. The van der Waals surface area contributed by atoms with Gasteiger partial charge in [0.25, 0.3) is 0 Å². The lowest BCUT2D eigenvalue weighted by atomic mass is 9.87. The van der Waals surface area contributed by atoms with Gasteiger partial charge in [0.15, 0.2) is 0 Å². The highest BCUT2D eigenvalue weighted by Crippen LogP contribution is 2.29. The first-order valence-corrected chi connectivity index (χ1v) is 12.4. The molecule has 1 saturated carbocycles. The van der Waals surface area contributed by atoms with Crippen LogP contribution in [0.1, 0.15) is 50.6 Å². The number of methoxy groups -OCH3 is 1. The number of amides is 1. The van der Waals surface area contributed by atoms with Crippen LogP contribution in [0.2, 0.25) is 0 Å². The van der Waals surface area contributed by atoms with E-state index in [4.69, 9.17) is 9.72 Å². The number of hydrogen-bond acceptors (Lipinski definition) is 6. The van der Waals surface area contributed by atoms with Crippen LogP contribution in [-0.4, -0.2) is 56.9 Å². The van der Waals surface area contributed by atoms with Gasteiger partial charge in [0, 0.05) is 50.0 Å². The number of carbonyl (C=O) groups excluding carboxylic acids is 1. The third-order valence-electron chi connectivity index (χ3n) is 7.39. The number of piperidine rings is 1. The fraction of sp³-hybridized carbons (Fsp3) is 0.538. The summed E-state index contributed by atoms with van der Waals surface area (Å²) >= 11 is 0. The molecule has 2 fully saturated rings. The summed E-state index contributed by atoms with van der Waals surface area (Å²) in [6.07, 6.45) is 13.2. The first-order valence-electron chi connectivity index (χ1n) is 12.4. The van der Waals surface area contributed by atoms with Gasteiger partial charge in [-0.25, -0.2) is 4.98 Å². The Hall–Kier alpha value is -2.84. The molecule has 3 aromatic heterocycles. The average Bonchev–Trinajstić information content (AvgIpc) is 3.24. The number of fused-ring (bicyclic) bond motifs is 1. The lowest BCUT2D eigenvalue weighted by molar-refractivity contribution is -0.121. The molecule has 5 rings (SSSR count).